The Balaban J connectivity index is 2.20. The average molecular weight is 417 g/mol. The fourth-order valence-electron chi connectivity index (χ4n) is 4.63. The van der Waals surface area contributed by atoms with Crippen LogP contribution >= 0.6 is 0 Å². The van der Waals surface area contributed by atoms with E-state index in [-0.39, 0.29) is 11.8 Å². The summed E-state index contributed by atoms with van der Waals surface area (Å²) in [6, 6.07) is 10.3. The Bertz CT molecular complexity index is 850. The Morgan fingerprint density at radius 3 is 1.90 bits per heavy atom. The Labute approximate surface area is 179 Å². The highest BCUT2D eigenvalue weighted by Crippen LogP contribution is 2.48. The molecule has 0 heterocycles. The molecule has 0 spiro atoms. The second-order valence-electron chi connectivity index (χ2n) is 7.54. The third-order valence-corrected chi connectivity index (χ3v) is 6.00. The fourth-order valence-corrected chi connectivity index (χ4v) is 4.63. The zero-order valence-corrected chi connectivity index (χ0v) is 18.7. The molecule has 3 rings (SSSR count). The van der Waals surface area contributed by atoms with Crippen molar-refractivity contribution >= 4 is 0 Å². The van der Waals surface area contributed by atoms with E-state index >= 15 is 0 Å². The van der Waals surface area contributed by atoms with Crippen LogP contribution in [0.3, 0.4) is 0 Å². The van der Waals surface area contributed by atoms with Crippen molar-refractivity contribution in [2.45, 2.75) is 12.3 Å². The number of benzene rings is 2. The molecule has 0 saturated heterocycles. The molecule has 6 heteroatoms. The van der Waals surface area contributed by atoms with Crippen LogP contribution in [0.15, 0.2) is 30.3 Å². The van der Waals surface area contributed by atoms with Gasteiger partial charge in [-0.2, -0.15) is 0 Å². The van der Waals surface area contributed by atoms with Crippen molar-refractivity contribution < 1.29 is 28.4 Å². The van der Waals surface area contributed by atoms with E-state index in [9.17, 15) is 0 Å². The lowest BCUT2D eigenvalue weighted by Gasteiger charge is -2.40. The van der Waals surface area contributed by atoms with Gasteiger partial charge in [-0.1, -0.05) is 6.07 Å². The van der Waals surface area contributed by atoms with E-state index in [1.807, 2.05) is 6.07 Å². The van der Waals surface area contributed by atoms with E-state index in [4.69, 9.17) is 28.4 Å². The van der Waals surface area contributed by atoms with Crippen molar-refractivity contribution in [1.82, 2.24) is 0 Å². The quantitative estimate of drug-likeness (QED) is 0.617. The maximum atomic E-state index is 5.66. The van der Waals surface area contributed by atoms with Gasteiger partial charge in [-0.15, -0.1) is 0 Å². The molecule has 3 unspecified atom stereocenters. The number of hydrogen-bond acceptors (Lipinski definition) is 6. The highest BCUT2D eigenvalue weighted by atomic mass is 16.5. The van der Waals surface area contributed by atoms with Gasteiger partial charge in [-0.05, 0) is 59.2 Å². The molecule has 3 atom stereocenters. The van der Waals surface area contributed by atoms with E-state index < -0.39 is 0 Å². The van der Waals surface area contributed by atoms with E-state index in [1.54, 1.807) is 42.7 Å². The summed E-state index contributed by atoms with van der Waals surface area (Å²) in [4.78, 5) is 0. The van der Waals surface area contributed by atoms with Gasteiger partial charge in [0.2, 0.25) is 0 Å². The topological polar surface area (TPSA) is 55.4 Å². The number of methoxy groups -OCH3 is 6. The highest BCUT2D eigenvalue weighted by molar-refractivity contribution is 5.54. The molecule has 0 saturated carbocycles. The van der Waals surface area contributed by atoms with Gasteiger partial charge in [0, 0.05) is 26.7 Å². The number of ether oxygens (including phenoxy) is 6. The minimum Gasteiger partial charge on any atom is -0.493 e. The molecule has 0 aromatic heterocycles. The highest BCUT2D eigenvalue weighted by Gasteiger charge is 2.39. The molecule has 30 heavy (non-hydrogen) atoms. The maximum Gasteiger partial charge on any atom is 0.161 e. The van der Waals surface area contributed by atoms with Crippen LogP contribution in [0.2, 0.25) is 0 Å². The number of rotatable bonds is 9. The minimum absolute atomic E-state index is 0.0912. The molecule has 0 bridgehead atoms. The van der Waals surface area contributed by atoms with Crippen LogP contribution in [0.1, 0.15) is 22.6 Å². The summed E-state index contributed by atoms with van der Waals surface area (Å²) in [6.07, 6.45) is 0.890. The normalized spacial score (nSPS) is 20.4. The summed E-state index contributed by atoms with van der Waals surface area (Å²) in [6.45, 7) is 1.28. The monoisotopic (exact) mass is 416 g/mol. The molecule has 6 nitrogen and oxygen atoms in total. The third kappa shape index (κ3) is 4.20. The fraction of sp³-hybridized carbons (Fsp3) is 0.500. The SMILES string of the molecule is COCC1Cc2cc(OC)c(OC)cc2C(c2ccc(OC)c(OC)c2)C1COC. The Hall–Kier alpha value is -2.44. The molecule has 0 amide bonds. The maximum absolute atomic E-state index is 5.66. The number of fused-ring (bicyclic) bond motifs is 1. The van der Waals surface area contributed by atoms with Crippen molar-refractivity contribution in [3.63, 3.8) is 0 Å². The molecule has 1 aliphatic rings. The first-order valence-corrected chi connectivity index (χ1v) is 10.1. The van der Waals surface area contributed by atoms with Crippen LogP contribution in [0, 0.1) is 11.8 Å². The van der Waals surface area contributed by atoms with Crippen molar-refractivity contribution in [1.29, 1.82) is 0 Å². The molecule has 2 aromatic carbocycles. The van der Waals surface area contributed by atoms with Gasteiger partial charge in [-0.25, -0.2) is 0 Å². The van der Waals surface area contributed by atoms with Crippen LogP contribution in [-0.4, -0.2) is 55.9 Å². The van der Waals surface area contributed by atoms with Crippen molar-refractivity contribution in [2.24, 2.45) is 11.8 Å². The van der Waals surface area contributed by atoms with Crippen LogP contribution < -0.4 is 18.9 Å². The Morgan fingerprint density at radius 2 is 1.30 bits per heavy atom. The molecule has 1 aliphatic carbocycles. The lowest BCUT2D eigenvalue weighted by Crippen LogP contribution is -2.36. The first-order chi connectivity index (χ1) is 14.6. The van der Waals surface area contributed by atoms with Crippen LogP contribution in [0.5, 0.6) is 23.0 Å². The van der Waals surface area contributed by atoms with Crippen molar-refractivity contribution in [3.8, 4) is 23.0 Å². The molecule has 0 fully saturated rings. The summed E-state index contributed by atoms with van der Waals surface area (Å²) in [5.41, 5.74) is 3.60. The molecule has 164 valence electrons. The van der Waals surface area contributed by atoms with Crippen molar-refractivity contribution in [2.75, 3.05) is 55.9 Å². The molecule has 0 N–H and O–H groups in total. The lowest BCUT2D eigenvalue weighted by molar-refractivity contribution is 0.0565. The Morgan fingerprint density at radius 1 is 0.700 bits per heavy atom. The van der Waals surface area contributed by atoms with Gasteiger partial charge >= 0.3 is 0 Å². The molecular formula is C24H32O6. The largest absolute Gasteiger partial charge is 0.493 e. The number of hydrogen-bond donors (Lipinski definition) is 0. The smallest absolute Gasteiger partial charge is 0.161 e. The van der Waals surface area contributed by atoms with Gasteiger partial charge in [0.1, 0.15) is 0 Å². The molecule has 2 aromatic rings. The minimum atomic E-state index is 0.0912. The van der Waals surface area contributed by atoms with E-state index in [2.05, 4.69) is 24.3 Å². The zero-order valence-electron chi connectivity index (χ0n) is 18.7. The molecule has 0 aliphatic heterocycles. The first-order valence-electron chi connectivity index (χ1n) is 10.1. The van der Waals surface area contributed by atoms with Gasteiger partial charge in [-0.3, -0.25) is 0 Å². The van der Waals surface area contributed by atoms with Gasteiger partial charge in [0.05, 0.1) is 35.0 Å². The van der Waals surface area contributed by atoms with Crippen LogP contribution in [0.4, 0.5) is 0 Å². The first kappa shape index (κ1) is 22.2. The summed E-state index contributed by atoms with van der Waals surface area (Å²) >= 11 is 0. The van der Waals surface area contributed by atoms with Crippen LogP contribution in [-0.2, 0) is 15.9 Å². The second-order valence-corrected chi connectivity index (χ2v) is 7.54. The average Bonchev–Trinajstić information content (AvgIpc) is 2.78. The van der Waals surface area contributed by atoms with E-state index in [1.165, 1.54) is 11.1 Å². The zero-order chi connectivity index (χ0) is 21.7. The summed E-state index contributed by atoms with van der Waals surface area (Å²) < 4.78 is 33.4. The van der Waals surface area contributed by atoms with Gasteiger partial charge < -0.3 is 28.4 Å². The molecule has 0 radical (unpaired) electrons. The Kier molecular flexibility index (Phi) is 7.45. The lowest BCUT2D eigenvalue weighted by atomic mass is 9.67. The second kappa shape index (κ2) is 10.0. The summed E-state index contributed by atoms with van der Waals surface area (Å²) in [7, 11) is 10.1. The molecular weight excluding hydrogens is 384 g/mol. The third-order valence-electron chi connectivity index (χ3n) is 6.00. The predicted molar refractivity (Wildman–Crippen MR) is 115 cm³/mol. The van der Waals surface area contributed by atoms with Crippen molar-refractivity contribution in [3.05, 3.63) is 47.0 Å². The van der Waals surface area contributed by atoms with Gasteiger partial charge in [0.15, 0.2) is 23.0 Å². The van der Waals surface area contributed by atoms with Gasteiger partial charge in [0.25, 0.3) is 0 Å². The predicted octanol–water partition coefficient (Wildman–Crippen LogP) is 3.93. The summed E-state index contributed by atoms with van der Waals surface area (Å²) in [5.74, 6) is 3.51. The summed E-state index contributed by atoms with van der Waals surface area (Å²) in [5, 5.41) is 0. The van der Waals surface area contributed by atoms with Crippen LogP contribution in [0.25, 0.3) is 0 Å². The van der Waals surface area contributed by atoms with E-state index in [0.29, 0.717) is 30.6 Å². The standard InChI is InChI=1S/C24H32O6/c1-25-13-17-9-16-11-22(29-5)23(30-6)12-18(16)24(19(17)14-26-2)15-7-8-20(27-3)21(10-15)28-4/h7-8,10-12,17,19,24H,9,13-14H2,1-6H3. The van der Waals surface area contributed by atoms with E-state index in [0.717, 1.165) is 23.5 Å².